The number of ether oxygens (including phenoxy) is 1. The minimum atomic E-state index is 0.245. The van der Waals surface area contributed by atoms with Crippen molar-refractivity contribution < 1.29 is 4.74 Å². The van der Waals surface area contributed by atoms with E-state index >= 15 is 0 Å². The molecule has 20 heavy (non-hydrogen) atoms. The first-order chi connectivity index (χ1) is 9.72. The minimum Gasteiger partial charge on any atom is -0.494 e. The number of hydrogen-bond donors (Lipinski definition) is 1. The molecule has 0 aliphatic heterocycles. The van der Waals surface area contributed by atoms with Gasteiger partial charge < -0.3 is 10.1 Å². The van der Waals surface area contributed by atoms with Crippen molar-refractivity contribution >= 4 is 0 Å². The van der Waals surface area contributed by atoms with E-state index in [-0.39, 0.29) is 6.04 Å². The molecule has 0 saturated carbocycles. The summed E-state index contributed by atoms with van der Waals surface area (Å²) in [7, 11) is 3.92. The predicted octanol–water partition coefficient (Wildman–Crippen LogP) is 2.71. The van der Waals surface area contributed by atoms with Crippen LogP contribution in [0.25, 0.3) is 0 Å². The van der Waals surface area contributed by atoms with Gasteiger partial charge in [-0.05, 0) is 37.2 Å². The van der Waals surface area contributed by atoms with Crippen LogP contribution in [-0.4, -0.2) is 23.4 Å². The number of benzene rings is 1. The molecule has 4 nitrogen and oxygen atoms in total. The van der Waals surface area contributed by atoms with E-state index in [0.29, 0.717) is 0 Å². The highest BCUT2D eigenvalue weighted by atomic mass is 16.5. The monoisotopic (exact) mass is 273 g/mol. The Kier molecular flexibility index (Phi) is 5.18. The van der Waals surface area contributed by atoms with Gasteiger partial charge in [-0.3, -0.25) is 4.68 Å². The molecule has 0 spiro atoms. The summed E-state index contributed by atoms with van der Waals surface area (Å²) in [5.41, 5.74) is 2.32. The molecule has 1 unspecified atom stereocenters. The molecule has 2 rings (SSSR count). The second-order valence-corrected chi connectivity index (χ2v) is 4.95. The van der Waals surface area contributed by atoms with Gasteiger partial charge in [-0.2, -0.15) is 5.10 Å². The van der Waals surface area contributed by atoms with E-state index < -0.39 is 0 Å². The third-order valence-electron chi connectivity index (χ3n) is 3.26. The Labute approximate surface area is 120 Å². The molecule has 2 aromatic rings. The third-order valence-corrected chi connectivity index (χ3v) is 3.26. The average Bonchev–Trinajstić information content (AvgIpc) is 2.88. The number of nitrogens with one attached hydrogen (secondary N) is 1. The molecular weight excluding hydrogens is 250 g/mol. The lowest BCUT2D eigenvalue weighted by Gasteiger charge is -2.16. The lowest BCUT2D eigenvalue weighted by atomic mass is 10.0. The molecule has 1 heterocycles. The van der Waals surface area contributed by atoms with E-state index in [0.717, 1.165) is 30.9 Å². The molecule has 0 radical (unpaired) electrons. The fourth-order valence-corrected chi connectivity index (χ4v) is 2.21. The zero-order chi connectivity index (χ0) is 14.4. The van der Waals surface area contributed by atoms with Gasteiger partial charge in [0.1, 0.15) is 5.75 Å². The highest BCUT2D eigenvalue weighted by molar-refractivity contribution is 5.31. The van der Waals surface area contributed by atoms with Gasteiger partial charge in [-0.15, -0.1) is 0 Å². The summed E-state index contributed by atoms with van der Waals surface area (Å²) >= 11 is 0. The van der Waals surface area contributed by atoms with E-state index in [1.54, 1.807) is 0 Å². The van der Waals surface area contributed by atoms with E-state index in [2.05, 4.69) is 35.5 Å². The van der Waals surface area contributed by atoms with Crippen molar-refractivity contribution in [1.82, 2.24) is 15.1 Å². The summed E-state index contributed by atoms with van der Waals surface area (Å²) in [6, 6.07) is 10.6. The van der Waals surface area contributed by atoms with Gasteiger partial charge in [0.25, 0.3) is 0 Å². The Morgan fingerprint density at radius 2 is 2.20 bits per heavy atom. The van der Waals surface area contributed by atoms with Crippen molar-refractivity contribution in [2.45, 2.75) is 25.8 Å². The maximum absolute atomic E-state index is 5.70. The summed E-state index contributed by atoms with van der Waals surface area (Å²) in [5, 5.41) is 7.80. The van der Waals surface area contributed by atoms with Crippen LogP contribution in [0.15, 0.2) is 36.5 Å². The van der Waals surface area contributed by atoms with E-state index in [1.807, 2.05) is 37.1 Å². The molecule has 0 amide bonds. The first kappa shape index (κ1) is 14.6. The quantitative estimate of drug-likeness (QED) is 0.843. The smallest absolute Gasteiger partial charge is 0.119 e. The normalized spacial score (nSPS) is 12.3. The van der Waals surface area contributed by atoms with E-state index in [4.69, 9.17) is 4.74 Å². The number of nitrogens with zero attached hydrogens (tertiary/aromatic N) is 2. The SMILES string of the molecule is CCCOc1cccc(C(Cc2ccn(C)n2)NC)c1. The van der Waals surface area contributed by atoms with Crippen molar-refractivity contribution in [3.63, 3.8) is 0 Å². The second kappa shape index (κ2) is 7.10. The molecule has 0 bridgehead atoms. The Hall–Kier alpha value is -1.81. The predicted molar refractivity (Wildman–Crippen MR) is 80.9 cm³/mol. The first-order valence-electron chi connectivity index (χ1n) is 7.11. The van der Waals surface area contributed by atoms with Crippen LogP contribution in [0.5, 0.6) is 5.75 Å². The van der Waals surface area contributed by atoms with Gasteiger partial charge in [-0.1, -0.05) is 19.1 Å². The van der Waals surface area contributed by atoms with Crippen molar-refractivity contribution in [3.05, 3.63) is 47.8 Å². The van der Waals surface area contributed by atoms with Gasteiger partial charge in [0, 0.05) is 25.7 Å². The van der Waals surface area contributed by atoms with Crippen molar-refractivity contribution in [3.8, 4) is 5.75 Å². The van der Waals surface area contributed by atoms with Crippen LogP contribution >= 0.6 is 0 Å². The van der Waals surface area contributed by atoms with Crippen LogP contribution in [0.3, 0.4) is 0 Å². The van der Waals surface area contributed by atoms with Crippen LogP contribution in [0.2, 0.25) is 0 Å². The molecule has 4 heteroatoms. The standard InChI is InChI=1S/C16H23N3O/c1-4-10-20-15-7-5-6-13(11-15)16(17-2)12-14-8-9-19(3)18-14/h5-9,11,16-17H,4,10,12H2,1-3H3. The molecule has 0 saturated heterocycles. The highest BCUT2D eigenvalue weighted by Gasteiger charge is 2.12. The fourth-order valence-electron chi connectivity index (χ4n) is 2.21. The number of rotatable bonds is 7. The van der Waals surface area contributed by atoms with Crippen LogP contribution in [0.1, 0.15) is 30.6 Å². The average molecular weight is 273 g/mol. The number of aryl methyl sites for hydroxylation is 1. The molecule has 1 aromatic heterocycles. The van der Waals surface area contributed by atoms with Crippen molar-refractivity contribution in [2.75, 3.05) is 13.7 Å². The lowest BCUT2D eigenvalue weighted by Crippen LogP contribution is -2.19. The molecule has 0 fully saturated rings. The van der Waals surface area contributed by atoms with Gasteiger partial charge in [0.05, 0.1) is 12.3 Å². The van der Waals surface area contributed by atoms with Crippen LogP contribution in [0, 0.1) is 0 Å². The van der Waals surface area contributed by atoms with Crippen LogP contribution in [0.4, 0.5) is 0 Å². The molecule has 1 N–H and O–H groups in total. The number of likely N-dealkylation sites (N-methyl/N-ethyl adjacent to an activating group) is 1. The molecule has 108 valence electrons. The van der Waals surface area contributed by atoms with Gasteiger partial charge in [0.15, 0.2) is 0 Å². The zero-order valence-electron chi connectivity index (χ0n) is 12.5. The maximum atomic E-state index is 5.70. The zero-order valence-corrected chi connectivity index (χ0v) is 12.5. The van der Waals surface area contributed by atoms with Gasteiger partial charge in [0.2, 0.25) is 0 Å². The van der Waals surface area contributed by atoms with Gasteiger partial charge in [-0.25, -0.2) is 0 Å². The second-order valence-electron chi connectivity index (χ2n) is 4.95. The highest BCUT2D eigenvalue weighted by Crippen LogP contribution is 2.22. The first-order valence-corrected chi connectivity index (χ1v) is 7.11. The van der Waals surface area contributed by atoms with Crippen molar-refractivity contribution in [2.24, 2.45) is 7.05 Å². The Bertz CT molecular complexity index is 536. The minimum absolute atomic E-state index is 0.245. The third kappa shape index (κ3) is 3.84. The topological polar surface area (TPSA) is 39.1 Å². The Balaban J connectivity index is 2.10. The molecule has 1 atom stereocenters. The Morgan fingerprint density at radius 3 is 2.85 bits per heavy atom. The number of aromatic nitrogens is 2. The van der Waals surface area contributed by atoms with E-state index in [1.165, 1.54) is 5.56 Å². The summed E-state index contributed by atoms with van der Waals surface area (Å²) in [4.78, 5) is 0. The number of hydrogen-bond acceptors (Lipinski definition) is 3. The molecule has 0 aliphatic rings. The van der Waals surface area contributed by atoms with Crippen LogP contribution < -0.4 is 10.1 Å². The van der Waals surface area contributed by atoms with Gasteiger partial charge >= 0.3 is 0 Å². The molecule has 0 aliphatic carbocycles. The van der Waals surface area contributed by atoms with Crippen LogP contribution in [-0.2, 0) is 13.5 Å². The fraction of sp³-hybridized carbons (Fsp3) is 0.438. The summed E-state index contributed by atoms with van der Waals surface area (Å²) in [6.07, 6.45) is 3.87. The molecule has 1 aromatic carbocycles. The lowest BCUT2D eigenvalue weighted by molar-refractivity contribution is 0.316. The van der Waals surface area contributed by atoms with E-state index in [9.17, 15) is 0 Å². The summed E-state index contributed by atoms with van der Waals surface area (Å²) in [6.45, 7) is 2.87. The summed E-state index contributed by atoms with van der Waals surface area (Å²) < 4.78 is 7.53. The maximum Gasteiger partial charge on any atom is 0.119 e. The Morgan fingerprint density at radius 1 is 1.35 bits per heavy atom. The largest absolute Gasteiger partial charge is 0.494 e. The summed E-state index contributed by atoms with van der Waals surface area (Å²) in [5.74, 6) is 0.936. The van der Waals surface area contributed by atoms with Crippen molar-refractivity contribution in [1.29, 1.82) is 0 Å². The molecular formula is C16H23N3O.